The van der Waals surface area contributed by atoms with Crippen LogP contribution in [0.3, 0.4) is 0 Å². The van der Waals surface area contributed by atoms with Crippen molar-refractivity contribution < 1.29 is 9.07 Å². The Kier molecular flexibility index (Phi) is 4.27. The van der Waals surface area contributed by atoms with Crippen LogP contribution in [0.4, 0.5) is 0 Å². The zero-order valence-corrected chi connectivity index (χ0v) is 19.6. The van der Waals surface area contributed by atoms with Crippen LogP contribution in [0.5, 0.6) is 0 Å². The fourth-order valence-electron chi connectivity index (χ4n) is 4.52. The summed E-state index contributed by atoms with van der Waals surface area (Å²) >= 11 is 0. The molecule has 4 aromatic rings. The van der Waals surface area contributed by atoms with Crippen LogP contribution in [-0.4, -0.2) is 13.1 Å². The van der Waals surface area contributed by atoms with Crippen LogP contribution < -0.4 is 5.46 Å². The Morgan fingerprint density at radius 1 is 0.839 bits per heavy atom. The van der Waals surface area contributed by atoms with Crippen LogP contribution in [0.2, 0.25) is 0 Å². The third-order valence-corrected chi connectivity index (χ3v) is 7.50. The van der Waals surface area contributed by atoms with E-state index in [9.17, 15) is 0 Å². The first-order chi connectivity index (χ1) is 14.5. The Bertz CT molecular complexity index is 1320. The molecule has 1 heterocycles. The predicted molar refractivity (Wildman–Crippen MR) is 131 cm³/mol. The van der Waals surface area contributed by atoms with E-state index in [0.717, 1.165) is 16.6 Å². The molecule has 1 aromatic heterocycles. The average Bonchev–Trinajstić information content (AvgIpc) is 3.19. The molecule has 2 nitrogen and oxygen atoms in total. The summed E-state index contributed by atoms with van der Waals surface area (Å²) in [5.41, 5.74) is 8.01. The van der Waals surface area contributed by atoms with Gasteiger partial charge in [0.2, 0.25) is 0 Å². The van der Waals surface area contributed by atoms with E-state index in [1.165, 1.54) is 33.0 Å². The molecule has 0 amide bonds. The van der Waals surface area contributed by atoms with Gasteiger partial charge in [-0.15, -0.1) is 0 Å². The highest BCUT2D eigenvalue weighted by Gasteiger charge is 2.38. The van der Waals surface area contributed by atoms with Gasteiger partial charge < -0.3 is 9.07 Å². The lowest BCUT2D eigenvalue weighted by atomic mass is 9.75. The molecule has 3 aromatic carbocycles. The number of hydrogen-bond acceptors (Lipinski definition) is 2. The van der Waals surface area contributed by atoms with Gasteiger partial charge in [0.05, 0.1) is 5.60 Å². The van der Waals surface area contributed by atoms with Gasteiger partial charge in [0.1, 0.15) is 11.2 Å². The molecule has 5 rings (SSSR count). The average molecular weight is 409 g/mol. The minimum Gasteiger partial charge on any atom is -0.456 e. The summed E-state index contributed by atoms with van der Waals surface area (Å²) in [5.74, 6) is 0. The first-order valence-electron chi connectivity index (χ1n) is 11.1. The summed E-state index contributed by atoms with van der Waals surface area (Å²) in [6.07, 6.45) is 0. The van der Waals surface area contributed by atoms with Crippen molar-refractivity contribution in [3.63, 3.8) is 0 Å². The molecule has 0 unspecified atom stereocenters. The van der Waals surface area contributed by atoms with Crippen LogP contribution in [-0.2, 0) is 10.1 Å². The van der Waals surface area contributed by atoms with Gasteiger partial charge in [-0.3, -0.25) is 0 Å². The summed E-state index contributed by atoms with van der Waals surface area (Å²) in [7, 11) is 1.92. The van der Waals surface area contributed by atoms with Crippen LogP contribution in [0.15, 0.2) is 59.0 Å². The van der Waals surface area contributed by atoms with E-state index in [1.54, 1.807) is 0 Å². The smallest absolute Gasteiger partial charge is 0.330 e. The number of benzene rings is 3. The Morgan fingerprint density at radius 3 is 2.32 bits per heavy atom. The van der Waals surface area contributed by atoms with Crippen LogP contribution in [0.1, 0.15) is 59.6 Å². The minimum absolute atomic E-state index is 0.0453. The third kappa shape index (κ3) is 2.97. The molecule has 1 aliphatic rings. The quantitative estimate of drug-likeness (QED) is 0.341. The number of rotatable bonds is 3. The lowest BCUT2D eigenvalue weighted by molar-refractivity contribution is 0.00504. The zero-order valence-electron chi connectivity index (χ0n) is 19.6. The molecule has 31 heavy (non-hydrogen) atoms. The number of fused-ring (bicyclic) bond motifs is 7. The Labute approximate surface area is 185 Å². The number of para-hydroxylation sites is 1. The molecule has 1 aliphatic carbocycles. The molecule has 0 spiro atoms. The van der Waals surface area contributed by atoms with Crippen LogP contribution >= 0.6 is 0 Å². The molecule has 0 saturated carbocycles. The van der Waals surface area contributed by atoms with Crippen molar-refractivity contribution in [2.45, 2.75) is 59.5 Å². The van der Waals surface area contributed by atoms with Gasteiger partial charge in [0, 0.05) is 16.2 Å². The lowest BCUT2D eigenvalue weighted by Crippen LogP contribution is -2.42. The van der Waals surface area contributed by atoms with Crippen molar-refractivity contribution in [1.82, 2.24) is 0 Å². The Hall–Kier alpha value is -2.52. The molecule has 0 N–H and O–H groups in total. The molecular formula is C28H30BO2. The standard InChI is InChI=1S/C28H30BO2/c1-26(2,3)28(6,7)31-29-17-12-13-18-21(16-17)27(4,5)20-14-15-23-25(24(18)20)19-10-8-9-11-22(19)30-23/h8-16H,1-7H3. The second-order valence-corrected chi connectivity index (χ2v) is 10.9. The zero-order chi connectivity index (χ0) is 22.2. The predicted octanol–water partition coefficient (Wildman–Crippen LogP) is 6.98. The highest BCUT2D eigenvalue weighted by Crippen LogP contribution is 2.52. The third-order valence-electron chi connectivity index (χ3n) is 7.50. The second kappa shape index (κ2) is 6.49. The van der Waals surface area contributed by atoms with Gasteiger partial charge in [-0.2, -0.15) is 0 Å². The monoisotopic (exact) mass is 409 g/mol. The maximum absolute atomic E-state index is 6.26. The first kappa shape index (κ1) is 20.4. The molecule has 157 valence electrons. The normalized spacial score (nSPS) is 15.3. The minimum atomic E-state index is -0.258. The molecule has 0 fully saturated rings. The van der Waals surface area contributed by atoms with Gasteiger partial charge in [-0.25, -0.2) is 0 Å². The molecular weight excluding hydrogens is 379 g/mol. The summed E-state index contributed by atoms with van der Waals surface area (Å²) in [6.45, 7) is 15.6. The van der Waals surface area contributed by atoms with Crippen molar-refractivity contribution >= 4 is 34.9 Å². The van der Waals surface area contributed by atoms with E-state index in [2.05, 4.69) is 97.0 Å². The van der Waals surface area contributed by atoms with Gasteiger partial charge in [0.15, 0.2) is 0 Å². The molecule has 0 bridgehead atoms. The summed E-state index contributed by atoms with van der Waals surface area (Å²) in [4.78, 5) is 0. The highest BCUT2D eigenvalue weighted by molar-refractivity contribution is 6.47. The van der Waals surface area contributed by atoms with Crippen LogP contribution in [0.25, 0.3) is 33.1 Å². The van der Waals surface area contributed by atoms with Crippen molar-refractivity contribution in [2.24, 2.45) is 5.41 Å². The summed E-state index contributed by atoms with van der Waals surface area (Å²) in [5, 5.41) is 2.41. The second-order valence-electron chi connectivity index (χ2n) is 10.9. The van der Waals surface area contributed by atoms with Crippen LogP contribution in [0, 0.1) is 5.41 Å². The molecule has 0 atom stereocenters. The van der Waals surface area contributed by atoms with Gasteiger partial charge >= 0.3 is 7.48 Å². The van der Waals surface area contributed by atoms with Crippen molar-refractivity contribution in [2.75, 3.05) is 0 Å². The summed E-state index contributed by atoms with van der Waals surface area (Å²) in [6, 6.07) is 19.4. The number of hydrogen-bond donors (Lipinski definition) is 0. The number of furan rings is 1. The SMILES string of the molecule is CC1(C)c2cc([B]OC(C)(C)C(C)(C)C)ccc2-c2c1ccc1oc3ccccc3c21. The fraction of sp³-hybridized carbons (Fsp3) is 0.357. The molecule has 1 radical (unpaired) electrons. The van der Waals surface area contributed by atoms with Crippen molar-refractivity contribution in [3.05, 3.63) is 65.7 Å². The molecule has 0 saturated heterocycles. The van der Waals surface area contributed by atoms with E-state index in [-0.39, 0.29) is 16.4 Å². The maximum Gasteiger partial charge on any atom is 0.330 e. The van der Waals surface area contributed by atoms with Gasteiger partial charge in [-0.1, -0.05) is 82.5 Å². The van der Waals surface area contributed by atoms with E-state index in [1.807, 2.05) is 13.5 Å². The highest BCUT2D eigenvalue weighted by atomic mass is 16.5. The Balaban J connectivity index is 1.63. The fourth-order valence-corrected chi connectivity index (χ4v) is 4.52. The first-order valence-corrected chi connectivity index (χ1v) is 11.1. The van der Waals surface area contributed by atoms with E-state index >= 15 is 0 Å². The molecule has 0 aliphatic heterocycles. The largest absolute Gasteiger partial charge is 0.456 e. The lowest BCUT2D eigenvalue weighted by Gasteiger charge is -2.39. The van der Waals surface area contributed by atoms with E-state index in [0.29, 0.717) is 0 Å². The maximum atomic E-state index is 6.26. The van der Waals surface area contributed by atoms with Crippen molar-refractivity contribution in [1.29, 1.82) is 0 Å². The van der Waals surface area contributed by atoms with E-state index in [4.69, 9.17) is 9.07 Å². The van der Waals surface area contributed by atoms with Gasteiger partial charge in [-0.05, 0) is 53.6 Å². The topological polar surface area (TPSA) is 22.4 Å². The van der Waals surface area contributed by atoms with Gasteiger partial charge in [0.25, 0.3) is 0 Å². The van der Waals surface area contributed by atoms with Crippen molar-refractivity contribution in [3.8, 4) is 11.1 Å². The molecule has 3 heteroatoms. The van der Waals surface area contributed by atoms with E-state index < -0.39 is 0 Å². The Morgan fingerprint density at radius 2 is 1.58 bits per heavy atom. The summed E-state index contributed by atoms with van der Waals surface area (Å²) < 4.78 is 12.4.